The van der Waals surface area contributed by atoms with Gasteiger partial charge >= 0.3 is 0 Å². The fourth-order valence-corrected chi connectivity index (χ4v) is 5.63. The second-order valence-electron chi connectivity index (χ2n) is 8.15. The summed E-state index contributed by atoms with van der Waals surface area (Å²) in [5, 5.41) is 0. The molecule has 2 aromatic carbocycles. The van der Waals surface area contributed by atoms with Crippen LogP contribution in [0.4, 0.5) is 11.4 Å². The molecule has 3 aliphatic rings. The summed E-state index contributed by atoms with van der Waals surface area (Å²) in [5.41, 5.74) is 2.29. The molecule has 3 aromatic rings. The van der Waals surface area contributed by atoms with E-state index in [4.69, 9.17) is 4.42 Å². The molecule has 0 saturated carbocycles. The summed E-state index contributed by atoms with van der Waals surface area (Å²) in [4.78, 5) is 44.1. The number of carbonyl (C=O) groups is 3. The summed E-state index contributed by atoms with van der Waals surface area (Å²) in [6.07, 6.45) is 5.34. The Balaban J connectivity index is 1.51. The third kappa shape index (κ3) is 2.61. The van der Waals surface area contributed by atoms with Gasteiger partial charge in [-0.25, -0.2) is 4.90 Å². The first-order chi connectivity index (χ1) is 15.6. The highest BCUT2D eigenvalue weighted by atomic mass is 79.9. The van der Waals surface area contributed by atoms with E-state index in [1.807, 2.05) is 47.4 Å². The van der Waals surface area contributed by atoms with Crippen LogP contribution in [0, 0.1) is 11.8 Å². The van der Waals surface area contributed by atoms with Crippen molar-refractivity contribution in [2.45, 2.75) is 12.1 Å². The quantitative estimate of drug-likeness (QED) is 0.405. The van der Waals surface area contributed by atoms with E-state index in [1.54, 1.807) is 30.3 Å². The Bertz CT molecular complexity index is 1300. The smallest absolute Gasteiger partial charge is 0.240 e. The molecule has 2 saturated heterocycles. The van der Waals surface area contributed by atoms with Crippen molar-refractivity contribution in [3.05, 3.63) is 88.8 Å². The number of carbonyl (C=O) groups excluding carboxylic acids is 3. The topological polar surface area (TPSA) is 70.8 Å². The maximum Gasteiger partial charge on any atom is 0.240 e. The van der Waals surface area contributed by atoms with Crippen LogP contribution in [-0.4, -0.2) is 29.7 Å². The molecule has 2 fully saturated rings. The molecule has 0 radical (unpaired) electrons. The highest BCUT2D eigenvalue weighted by Crippen LogP contribution is 2.49. The summed E-state index contributed by atoms with van der Waals surface area (Å²) < 4.78 is 6.17. The predicted molar refractivity (Wildman–Crippen MR) is 122 cm³/mol. The van der Waals surface area contributed by atoms with Crippen molar-refractivity contribution in [1.29, 1.82) is 0 Å². The minimum Gasteiger partial charge on any atom is -0.461 e. The van der Waals surface area contributed by atoms with Gasteiger partial charge in [-0.05, 0) is 42.0 Å². The van der Waals surface area contributed by atoms with E-state index in [2.05, 4.69) is 15.9 Å². The van der Waals surface area contributed by atoms with Gasteiger partial charge in [-0.15, -0.1) is 0 Å². The number of benzene rings is 2. The number of halogens is 1. The number of rotatable bonds is 3. The van der Waals surface area contributed by atoms with Crippen LogP contribution in [0.3, 0.4) is 0 Å². The number of para-hydroxylation sites is 1. The number of imide groups is 1. The third-order valence-corrected chi connectivity index (χ3v) is 7.01. The fourth-order valence-electron chi connectivity index (χ4n) is 5.25. The predicted octanol–water partition coefficient (Wildman–Crippen LogP) is 4.31. The molecule has 3 aliphatic heterocycles. The normalized spacial score (nSPS) is 25.7. The number of anilines is 2. The molecule has 0 bridgehead atoms. The summed E-state index contributed by atoms with van der Waals surface area (Å²) in [6, 6.07) is 16.8. The number of furan rings is 1. The van der Waals surface area contributed by atoms with E-state index in [1.165, 1.54) is 11.2 Å². The summed E-state index contributed by atoms with van der Waals surface area (Å²) in [7, 11) is 0. The number of fused-ring (bicyclic) bond motifs is 5. The number of Topliss-reactive ketones (excluding diaryl/α,β-unsaturated/α-hetero) is 1. The van der Waals surface area contributed by atoms with Crippen LogP contribution in [0.25, 0.3) is 6.08 Å². The lowest BCUT2D eigenvalue weighted by molar-refractivity contribution is -0.122. The van der Waals surface area contributed by atoms with E-state index in [0.29, 0.717) is 5.69 Å². The maximum atomic E-state index is 13.7. The Morgan fingerprint density at radius 3 is 2.53 bits per heavy atom. The first-order valence-corrected chi connectivity index (χ1v) is 11.1. The number of ketones is 1. The van der Waals surface area contributed by atoms with Gasteiger partial charge in [0.1, 0.15) is 6.04 Å². The summed E-state index contributed by atoms with van der Waals surface area (Å²) in [6.45, 7) is 0. The molecule has 7 heteroatoms. The largest absolute Gasteiger partial charge is 0.461 e. The molecule has 2 amide bonds. The van der Waals surface area contributed by atoms with Crippen molar-refractivity contribution in [3.63, 3.8) is 0 Å². The first kappa shape index (κ1) is 19.3. The second-order valence-corrected chi connectivity index (χ2v) is 9.06. The van der Waals surface area contributed by atoms with Crippen LogP contribution >= 0.6 is 15.9 Å². The van der Waals surface area contributed by atoms with Crippen LogP contribution in [0.1, 0.15) is 16.1 Å². The molecule has 0 N–H and O–H groups in total. The highest BCUT2D eigenvalue weighted by Gasteiger charge is 2.64. The lowest BCUT2D eigenvalue weighted by atomic mass is 9.87. The van der Waals surface area contributed by atoms with Crippen LogP contribution in [-0.2, 0) is 9.59 Å². The zero-order chi connectivity index (χ0) is 22.0. The standard InChI is InChI=1S/C25H17BrN2O4/c26-15-6-3-7-16(13-15)27-24(30)20-18-11-10-14-5-1-2-8-17(14)28(18)22(21(20)25(27)31)23(29)19-9-4-12-32-19/h1-13,18,20-22H. The van der Waals surface area contributed by atoms with Crippen molar-refractivity contribution in [2.24, 2.45) is 11.8 Å². The molecule has 4 atom stereocenters. The molecule has 32 heavy (non-hydrogen) atoms. The van der Waals surface area contributed by atoms with E-state index < -0.39 is 23.9 Å². The molecule has 6 rings (SSSR count). The first-order valence-electron chi connectivity index (χ1n) is 10.3. The fraction of sp³-hybridized carbons (Fsp3) is 0.160. The van der Waals surface area contributed by atoms with Gasteiger partial charge in [0, 0.05) is 10.2 Å². The van der Waals surface area contributed by atoms with Gasteiger partial charge in [-0.2, -0.15) is 0 Å². The Morgan fingerprint density at radius 2 is 1.75 bits per heavy atom. The Hall–Kier alpha value is -3.45. The summed E-state index contributed by atoms with van der Waals surface area (Å²) in [5.74, 6) is -2.22. The van der Waals surface area contributed by atoms with Crippen LogP contribution in [0.5, 0.6) is 0 Å². The van der Waals surface area contributed by atoms with Gasteiger partial charge in [0.2, 0.25) is 17.6 Å². The Kier molecular flexibility index (Phi) is 4.23. The minimum absolute atomic E-state index is 0.183. The van der Waals surface area contributed by atoms with Gasteiger partial charge in [0.15, 0.2) is 5.76 Å². The lowest BCUT2D eigenvalue weighted by Crippen LogP contribution is -2.48. The number of amides is 2. The third-order valence-electron chi connectivity index (χ3n) is 6.51. The van der Waals surface area contributed by atoms with Gasteiger partial charge in [0.05, 0.1) is 29.8 Å². The number of hydrogen-bond acceptors (Lipinski definition) is 5. The second kappa shape index (κ2) is 7.03. The number of nitrogens with zero attached hydrogens (tertiary/aromatic N) is 2. The van der Waals surface area contributed by atoms with Gasteiger partial charge in [-0.3, -0.25) is 14.4 Å². The van der Waals surface area contributed by atoms with E-state index in [0.717, 1.165) is 15.7 Å². The molecule has 0 aliphatic carbocycles. The average molecular weight is 489 g/mol. The summed E-state index contributed by atoms with van der Waals surface area (Å²) >= 11 is 3.41. The van der Waals surface area contributed by atoms with E-state index in [9.17, 15) is 14.4 Å². The molecule has 0 spiro atoms. The van der Waals surface area contributed by atoms with Crippen molar-refractivity contribution < 1.29 is 18.8 Å². The van der Waals surface area contributed by atoms with Crippen LogP contribution < -0.4 is 9.80 Å². The maximum absolute atomic E-state index is 13.7. The molecule has 158 valence electrons. The number of hydrogen-bond donors (Lipinski definition) is 0. The molecular weight excluding hydrogens is 472 g/mol. The molecule has 4 heterocycles. The van der Waals surface area contributed by atoms with E-state index >= 15 is 0 Å². The zero-order valence-electron chi connectivity index (χ0n) is 16.7. The lowest BCUT2D eigenvalue weighted by Gasteiger charge is -2.36. The molecule has 4 unspecified atom stereocenters. The Labute approximate surface area is 192 Å². The molecule has 1 aromatic heterocycles. The highest BCUT2D eigenvalue weighted by molar-refractivity contribution is 9.10. The van der Waals surface area contributed by atoms with Crippen LogP contribution in [0.15, 0.2) is 81.9 Å². The molecule has 6 nitrogen and oxygen atoms in total. The van der Waals surface area contributed by atoms with Gasteiger partial charge < -0.3 is 9.32 Å². The van der Waals surface area contributed by atoms with Gasteiger partial charge in [-0.1, -0.05) is 52.3 Å². The van der Waals surface area contributed by atoms with E-state index in [-0.39, 0.29) is 23.4 Å². The van der Waals surface area contributed by atoms with Crippen molar-refractivity contribution in [1.82, 2.24) is 0 Å². The van der Waals surface area contributed by atoms with Gasteiger partial charge in [0.25, 0.3) is 0 Å². The Morgan fingerprint density at radius 1 is 0.938 bits per heavy atom. The monoisotopic (exact) mass is 488 g/mol. The van der Waals surface area contributed by atoms with Crippen LogP contribution in [0.2, 0.25) is 0 Å². The van der Waals surface area contributed by atoms with Crippen molar-refractivity contribution in [2.75, 3.05) is 9.80 Å². The SMILES string of the molecule is O=C(c1ccco1)C1C2C(=O)N(c3cccc(Br)c3)C(=O)C2C2C=Cc3ccccc3N21. The zero-order valence-corrected chi connectivity index (χ0v) is 18.3. The van der Waals surface area contributed by atoms with Crippen molar-refractivity contribution in [3.8, 4) is 0 Å². The average Bonchev–Trinajstić information content (AvgIpc) is 3.50. The van der Waals surface area contributed by atoms with Crippen molar-refractivity contribution >= 4 is 51.0 Å². The molecular formula is C25H17BrN2O4. The minimum atomic E-state index is -0.837.